The third kappa shape index (κ3) is 8.15. The molecule has 1 heterocycles. The number of carbonyl (C=O) groups excluding carboxylic acids is 2. The van der Waals surface area contributed by atoms with Crippen LogP contribution in [0.5, 0.6) is 5.75 Å². The zero-order chi connectivity index (χ0) is 27.1. The Hall–Kier alpha value is -2.69. The predicted octanol–water partition coefficient (Wildman–Crippen LogP) is 2.40. The van der Waals surface area contributed by atoms with Crippen LogP contribution in [0.4, 0.5) is 0 Å². The van der Waals surface area contributed by atoms with Crippen LogP contribution in [0.1, 0.15) is 78.2 Å². The number of aliphatic hydroxyl groups is 2. The van der Waals surface area contributed by atoms with Gasteiger partial charge in [0.25, 0.3) is 5.91 Å². The molecule has 10 nitrogen and oxygen atoms in total. The smallest absolute Gasteiger partial charge is 0.306 e. The molecule has 1 aliphatic heterocycles. The molecule has 0 unspecified atom stereocenters. The Morgan fingerprint density at radius 3 is 2.46 bits per heavy atom. The number of nitrogens with zero attached hydrogens (tertiary/aromatic N) is 1. The van der Waals surface area contributed by atoms with Crippen molar-refractivity contribution in [3.8, 4) is 5.75 Å². The SMILES string of the molecule is C[C@@H]1OC(c2ccc(OCCCO)cc2)=N[C@]1(CCC(=O)OC(C)(C)C)C(=O)NNC1CCC(O)CC1. The summed E-state index contributed by atoms with van der Waals surface area (Å²) in [6.45, 7) is 7.64. The van der Waals surface area contributed by atoms with Crippen LogP contribution in [0.2, 0.25) is 0 Å². The molecule has 1 aliphatic carbocycles. The number of hydrogen-bond donors (Lipinski definition) is 4. The van der Waals surface area contributed by atoms with E-state index < -0.39 is 23.2 Å². The van der Waals surface area contributed by atoms with Crippen molar-refractivity contribution >= 4 is 17.8 Å². The minimum atomic E-state index is -1.33. The van der Waals surface area contributed by atoms with Crippen LogP contribution in [0.15, 0.2) is 29.3 Å². The number of aliphatic hydroxyl groups excluding tert-OH is 2. The molecule has 10 heteroatoms. The van der Waals surface area contributed by atoms with Crippen molar-refractivity contribution in [2.45, 2.75) is 102 Å². The van der Waals surface area contributed by atoms with Crippen LogP contribution in [-0.2, 0) is 19.1 Å². The molecule has 1 aromatic rings. The molecule has 3 rings (SSSR count). The van der Waals surface area contributed by atoms with Crippen LogP contribution in [-0.4, -0.2) is 70.6 Å². The summed E-state index contributed by atoms with van der Waals surface area (Å²) in [6, 6.07) is 7.21. The molecule has 0 bridgehead atoms. The van der Waals surface area contributed by atoms with E-state index in [0.717, 1.165) is 12.8 Å². The van der Waals surface area contributed by atoms with Crippen molar-refractivity contribution in [1.29, 1.82) is 0 Å². The van der Waals surface area contributed by atoms with E-state index in [0.29, 0.717) is 43.1 Å². The minimum absolute atomic E-state index is 0.00241. The van der Waals surface area contributed by atoms with Crippen LogP contribution >= 0.6 is 0 Å². The highest BCUT2D eigenvalue weighted by molar-refractivity contribution is 6.00. The maximum absolute atomic E-state index is 13.6. The number of benzene rings is 1. The van der Waals surface area contributed by atoms with Crippen molar-refractivity contribution in [3.05, 3.63) is 29.8 Å². The molecule has 0 spiro atoms. The van der Waals surface area contributed by atoms with Crippen molar-refractivity contribution in [1.82, 2.24) is 10.9 Å². The number of carbonyl (C=O) groups is 2. The van der Waals surface area contributed by atoms with Gasteiger partial charge in [-0.1, -0.05) is 0 Å². The van der Waals surface area contributed by atoms with Crippen molar-refractivity contribution in [2.75, 3.05) is 13.2 Å². The summed E-state index contributed by atoms with van der Waals surface area (Å²) in [7, 11) is 0. The monoisotopic (exact) mass is 519 g/mol. The first-order valence-electron chi connectivity index (χ1n) is 13.1. The molecule has 1 fully saturated rings. The highest BCUT2D eigenvalue weighted by atomic mass is 16.6. The summed E-state index contributed by atoms with van der Waals surface area (Å²) in [6.07, 6.45) is 2.60. The van der Waals surface area contributed by atoms with Gasteiger partial charge < -0.3 is 24.4 Å². The van der Waals surface area contributed by atoms with E-state index in [1.165, 1.54) is 0 Å². The van der Waals surface area contributed by atoms with Gasteiger partial charge in [-0.05, 0) is 84.1 Å². The van der Waals surface area contributed by atoms with Gasteiger partial charge in [-0.25, -0.2) is 10.4 Å². The number of aliphatic imine (C=N–C) groups is 1. The average molecular weight is 520 g/mol. The van der Waals surface area contributed by atoms with E-state index in [1.807, 2.05) is 0 Å². The molecule has 0 radical (unpaired) electrons. The maximum atomic E-state index is 13.6. The Bertz CT molecular complexity index is 936. The standard InChI is InChI=1S/C27H41N3O7/c1-18-27(15-14-23(33)37-26(2,3)4,25(34)30-29-20-8-10-21(32)11-9-20)28-24(36-18)19-6-12-22(13-7-19)35-17-5-16-31/h6-7,12-13,18,20-21,29,31-32H,5,8-11,14-17H2,1-4H3,(H,30,34)/t18-,20?,21?,27-/m0/s1. The Morgan fingerprint density at radius 2 is 1.84 bits per heavy atom. The number of rotatable bonds is 11. The number of hydrazine groups is 1. The summed E-state index contributed by atoms with van der Waals surface area (Å²) < 4.78 is 17.1. The molecule has 37 heavy (non-hydrogen) atoms. The second kappa shape index (κ2) is 12.7. The number of hydrogen-bond acceptors (Lipinski definition) is 9. The molecule has 1 aromatic carbocycles. The first-order chi connectivity index (χ1) is 17.5. The van der Waals surface area contributed by atoms with Gasteiger partial charge in [0.2, 0.25) is 5.90 Å². The molecule has 4 N–H and O–H groups in total. The molecule has 1 amide bonds. The zero-order valence-electron chi connectivity index (χ0n) is 22.3. The largest absolute Gasteiger partial charge is 0.494 e. The third-order valence-corrected chi connectivity index (χ3v) is 6.54. The van der Waals surface area contributed by atoms with Gasteiger partial charge in [0, 0.05) is 31.1 Å². The molecule has 2 atom stereocenters. The molecule has 0 aromatic heterocycles. The van der Waals surface area contributed by atoms with E-state index in [9.17, 15) is 14.7 Å². The molecule has 1 saturated carbocycles. The van der Waals surface area contributed by atoms with Gasteiger partial charge in [-0.2, -0.15) is 0 Å². The molecular formula is C27H41N3O7. The highest BCUT2D eigenvalue weighted by Crippen LogP contribution is 2.34. The summed E-state index contributed by atoms with van der Waals surface area (Å²) in [5, 5.41) is 18.7. The van der Waals surface area contributed by atoms with E-state index in [1.54, 1.807) is 52.0 Å². The lowest BCUT2D eigenvalue weighted by molar-refractivity contribution is -0.155. The lowest BCUT2D eigenvalue weighted by Crippen LogP contribution is -2.57. The maximum Gasteiger partial charge on any atom is 0.306 e. The van der Waals surface area contributed by atoms with E-state index in [-0.39, 0.29) is 37.5 Å². The lowest BCUT2D eigenvalue weighted by atomic mass is 9.88. The van der Waals surface area contributed by atoms with E-state index >= 15 is 0 Å². The van der Waals surface area contributed by atoms with E-state index in [4.69, 9.17) is 24.3 Å². The van der Waals surface area contributed by atoms with Crippen molar-refractivity contribution in [3.63, 3.8) is 0 Å². The van der Waals surface area contributed by atoms with Crippen LogP contribution < -0.4 is 15.6 Å². The van der Waals surface area contributed by atoms with Gasteiger partial charge in [0.15, 0.2) is 5.54 Å². The molecule has 0 saturated heterocycles. The Morgan fingerprint density at radius 1 is 1.16 bits per heavy atom. The van der Waals surface area contributed by atoms with Crippen LogP contribution in [0.3, 0.4) is 0 Å². The van der Waals surface area contributed by atoms with Gasteiger partial charge in [0.1, 0.15) is 17.5 Å². The summed E-state index contributed by atoms with van der Waals surface area (Å²) >= 11 is 0. The first-order valence-corrected chi connectivity index (χ1v) is 13.1. The number of nitrogens with one attached hydrogen (secondary N) is 2. The average Bonchev–Trinajstić information content (AvgIpc) is 3.19. The molecule has 206 valence electrons. The normalized spacial score (nSPS) is 25.7. The minimum Gasteiger partial charge on any atom is -0.494 e. The van der Waals surface area contributed by atoms with Gasteiger partial charge in [0.05, 0.1) is 12.7 Å². The number of esters is 1. The summed E-state index contributed by atoms with van der Waals surface area (Å²) in [5.74, 6) is 0.178. The summed E-state index contributed by atoms with van der Waals surface area (Å²) in [4.78, 5) is 30.8. The molecular weight excluding hydrogens is 478 g/mol. The third-order valence-electron chi connectivity index (χ3n) is 6.54. The predicted molar refractivity (Wildman–Crippen MR) is 138 cm³/mol. The van der Waals surface area contributed by atoms with Gasteiger partial charge >= 0.3 is 5.97 Å². The lowest BCUT2D eigenvalue weighted by Gasteiger charge is -2.31. The fraction of sp³-hybridized carbons (Fsp3) is 0.667. The van der Waals surface area contributed by atoms with Crippen LogP contribution in [0, 0.1) is 0 Å². The highest BCUT2D eigenvalue weighted by Gasteiger charge is 2.50. The Balaban J connectivity index is 1.76. The van der Waals surface area contributed by atoms with Gasteiger partial charge in [-0.3, -0.25) is 15.0 Å². The Kier molecular flexibility index (Phi) is 9.92. The zero-order valence-corrected chi connectivity index (χ0v) is 22.3. The van der Waals surface area contributed by atoms with E-state index in [2.05, 4.69) is 10.9 Å². The first kappa shape index (κ1) is 28.9. The number of ether oxygens (including phenoxy) is 3. The summed E-state index contributed by atoms with van der Waals surface area (Å²) in [5.41, 5.74) is 4.62. The van der Waals surface area contributed by atoms with Crippen molar-refractivity contribution in [2.24, 2.45) is 4.99 Å². The fourth-order valence-corrected chi connectivity index (χ4v) is 4.43. The van der Waals surface area contributed by atoms with Crippen LogP contribution in [0.25, 0.3) is 0 Å². The number of amides is 1. The van der Waals surface area contributed by atoms with Gasteiger partial charge in [-0.15, -0.1) is 0 Å². The Labute approximate surface area is 218 Å². The van der Waals surface area contributed by atoms with Crippen molar-refractivity contribution < 1.29 is 34.0 Å². The quantitative estimate of drug-likeness (QED) is 0.199. The fourth-order valence-electron chi connectivity index (χ4n) is 4.43. The molecule has 2 aliphatic rings. The topological polar surface area (TPSA) is 139 Å². The second-order valence-corrected chi connectivity index (χ2v) is 10.7. The second-order valence-electron chi connectivity index (χ2n) is 10.7.